The molecule has 2 aromatic rings. The van der Waals surface area contributed by atoms with Crippen LogP contribution in [0.5, 0.6) is 0 Å². The summed E-state index contributed by atoms with van der Waals surface area (Å²) >= 11 is 9.26. The molecule has 0 bridgehead atoms. The van der Waals surface area contributed by atoms with E-state index in [1.807, 2.05) is 0 Å². The van der Waals surface area contributed by atoms with Gasteiger partial charge in [0.1, 0.15) is 0 Å². The van der Waals surface area contributed by atoms with E-state index in [-0.39, 0.29) is 5.91 Å². The summed E-state index contributed by atoms with van der Waals surface area (Å²) in [7, 11) is 0. The number of carbonyl (C=O) groups is 1. The largest absolute Gasteiger partial charge is 0.396 e. The number of nitrogens with two attached hydrogens (primary N) is 1. The molecule has 0 unspecified atom stereocenters. The Hall–Kier alpha value is -1.59. The van der Waals surface area contributed by atoms with Crippen LogP contribution in [-0.4, -0.2) is 10.9 Å². The summed E-state index contributed by atoms with van der Waals surface area (Å²) < 4.78 is 0.778. The highest BCUT2D eigenvalue weighted by molar-refractivity contribution is 9.10. The van der Waals surface area contributed by atoms with Gasteiger partial charge in [0.05, 0.1) is 28.2 Å². The van der Waals surface area contributed by atoms with Gasteiger partial charge in [0.25, 0.3) is 5.91 Å². The highest BCUT2D eigenvalue weighted by Gasteiger charge is 2.12. The van der Waals surface area contributed by atoms with Crippen LogP contribution in [0.25, 0.3) is 0 Å². The van der Waals surface area contributed by atoms with Gasteiger partial charge in [0.15, 0.2) is 0 Å². The first kappa shape index (κ1) is 12.9. The fourth-order valence-electron chi connectivity index (χ4n) is 1.38. The predicted octanol–water partition coefficient (Wildman–Crippen LogP) is 3.33. The number of nitrogens with one attached hydrogen (secondary N) is 1. The lowest BCUT2D eigenvalue weighted by atomic mass is 10.2. The molecule has 6 heteroatoms. The molecule has 0 aliphatic heterocycles. The fraction of sp³-hybridized carbons (Fsp3) is 0. The molecule has 1 heterocycles. The van der Waals surface area contributed by atoms with Crippen LogP contribution in [0.1, 0.15) is 10.4 Å². The number of pyridine rings is 1. The van der Waals surface area contributed by atoms with E-state index < -0.39 is 0 Å². The number of nitrogen functional groups attached to an aromatic ring is 1. The molecule has 1 aromatic carbocycles. The number of anilines is 2. The second-order valence-corrected chi connectivity index (χ2v) is 4.86. The lowest BCUT2D eigenvalue weighted by Gasteiger charge is -2.08. The number of hydrogen-bond acceptors (Lipinski definition) is 3. The number of benzene rings is 1. The molecule has 0 atom stereocenters. The van der Waals surface area contributed by atoms with Crippen LogP contribution >= 0.6 is 27.5 Å². The second kappa shape index (κ2) is 5.37. The van der Waals surface area contributed by atoms with Gasteiger partial charge < -0.3 is 11.1 Å². The molecule has 1 amide bonds. The van der Waals surface area contributed by atoms with Gasteiger partial charge in [0, 0.05) is 10.7 Å². The van der Waals surface area contributed by atoms with E-state index in [1.54, 1.807) is 30.5 Å². The Bertz CT molecular complexity index is 604. The number of rotatable bonds is 2. The maximum atomic E-state index is 12.0. The fourth-order valence-corrected chi connectivity index (χ4v) is 1.95. The second-order valence-electron chi connectivity index (χ2n) is 3.54. The number of nitrogens with zero attached hydrogens (tertiary/aromatic N) is 1. The highest BCUT2D eigenvalue weighted by atomic mass is 79.9. The van der Waals surface area contributed by atoms with Crippen molar-refractivity contribution in [2.24, 2.45) is 0 Å². The Morgan fingerprint density at radius 3 is 2.89 bits per heavy atom. The Morgan fingerprint density at radius 2 is 2.17 bits per heavy atom. The average molecular weight is 327 g/mol. The minimum Gasteiger partial charge on any atom is -0.396 e. The minimum atomic E-state index is -0.320. The maximum absolute atomic E-state index is 12.0. The van der Waals surface area contributed by atoms with Crippen LogP contribution in [0.15, 0.2) is 41.1 Å². The van der Waals surface area contributed by atoms with Gasteiger partial charge in [-0.1, -0.05) is 27.5 Å². The molecule has 18 heavy (non-hydrogen) atoms. The maximum Gasteiger partial charge on any atom is 0.257 e. The molecule has 0 saturated carbocycles. The van der Waals surface area contributed by atoms with Crippen molar-refractivity contribution in [3.63, 3.8) is 0 Å². The lowest BCUT2D eigenvalue weighted by Crippen LogP contribution is -2.13. The SMILES string of the molecule is Nc1cnccc1NC(=O)c1cc(Br)ccc1Cl. The van der Waals surface area contributed by atoms with Crippen molar-refractivity contribution in [2.45, 2.75) is 0 Å². The van der Waals surface area contributed by atoms with Crippen molar-refractivity contribution in [1.29, 1.82) is 0 Å². The third-order valence-electron chi connectivity index (χ3n) is 2.27. The number of amides is 1. The van der Waals surface area contributed by atoms with Crippen molar-refractivity contribution >= 4 is 44.8 Å². The van der Waals surface area contributed by atoms with Crippen LogP contribution in [0.4, 0.5) is 11.4 Å². The van der Waals surface area contributed by atoms with Crippen molar-refractivity contribution in [1.82, 2.24) is 4.98 Å². The van der Waals surface area contributed by atoms with Gasteiger partial charge in [-0.25, -0.2) is 0 Å². The summed E-state index contributed by atoms with van der Waals surface area (Å²) in [5.74, 6) is -0.320. The van der Waals surface area contributed by atoms with Gasteiger partial charge in [-0.15, -0.1) is 0 Å². The zero-order valence-electron chi connectivity index (χ0n) is 9.15. The zero-order chi connectivity index (χ0) is 13.1. The van der Waals surface area contributed by atoms with Crippen molar-refractivity contribution in [3.05, 3.63) is 51.7 Å². The monoisotopic (exact) mass is 325 g/mol. The molecule has 0 radical (unpaired) electrons. The summed E-state index contributed by atoms with van der Waals surface area (Å²) in [6.07, 6.45) is 3.02. The first-order chi connectivity index (χ1) is 8.58. The molecule has 0 fully saturated rings. The summed E-state index contributed by atoms with van der Waals surface area (Å²) in [6.45, 7) is 0. The van der Waals surface area contributed by atoms with Crippen molar-refractivity contribution in [3.8, 4) is 0 Å². The molecular formula is C12H9BrClN3O. The van der Waals surface area contributed by atoms with Crippen molar-refractivity contribution < 1.29 is 4.79 Å². The summed E-state index contributed by atoms with van der Waals surface area (Å²) in [6, 6.07) is 6.69. The standard InChI is InChI=1S/C12H9BrClN3O/c13-7-1-2-9(14)8(5-7)12(18)17-11-3-4-16-6-10(11)15/h1-6H,15H2,(H,16,17,18). The Morgan fingerprint density at radius 1 is 1.39 bits per heavy atom. The molecule has 0 aliphatic carbocycles. The molecule has 2 rings (SSSR count). The molecule has 3 N–H and O–H groups in total. The topological polar surface area (TPSA) is 68.0 Å². The number of halogens is 2. The third-order valence-corrected chi connectivity index (χ3v) is 3.10. The van der Waals surface area contributed by atoms with Crippen LogP contribution in [-0.2, 0) is 0 Å². The smallest absolute Gasteiger partial charge is 0.257 e. The number of hydrogen-bond donors (Lipinski definition) is 2. The van der Waals surface area contributed by atoms with E-state index in [1.165, 1.54) is 6.20 Å². The van der Waals surface area contributed by atoms with E-state index in [0.717, 1.165) is 4.47 Å². The van der Waals surface area contributed by atoms with Gasteiger partial charge >= 0.3 is 0 Å². The van der Waals surface area contributed by atoms with Gasteiger partial charge in [-0.2, -0.15) is 0 Å². The van der Waals surface area contributed by atoms with Crippen LogP contribution in [0.2, 0.25) is 5.02 Å². The van der Waals surface area contributed by atoms with E-state index in [0.29, 0.717) is 22.0 Å². The molecular weight excluding hydrogens is 318 g/mol. The molecule has 1 aromatic heterocycles. The quantitative estimate of drug-likeness (QED) is 0.889. The molecule has 0 saturated heterocycles. The van der Waals surface area contributed by atoms with E-state index in [4.69, 9.17) is 17.3 Å². The lowest BCUT2D eigenvalue weighted by molar-refractivity contribution is 0.102. The zero-order valence-corrected chi connectivity index (χ0v) is 11.5. The van der Waals surface area contributed by atoms with Crippen LogP contribution in [0.3, 0.4) is 0 Å². The normalized spacial score (nSPS) is 10.1. The Labute approximate surface area is 117 Å². The van der Waals surface area contributed by atoms with Crippen LogP contribution in [0, 0.1) is 0 Å². The van der Waals surface area contributed by atoms with Gasteiger partial charge in [0.2, 0.25) is 0 Å². The summed E-state index contributed by atoms with van der Waals surface area (Å²) in [5.41, 5.74) is 6.98. The molecule has 92 valence electrons. The van der Waals surface area contributed by atoms with E-state index in [2.05, 4.69) is 26.2 Å². The number of aromatic nitrogens is 1. The summed E-state index contributed by atoms with van der Waals surface area (Å²) in [4.78, 5) is 15.9. The van der Waals surface area contributed by atoms with Gasteiger partial charge in [-0.05, 0) is 24.3 Å². The Balaban J connectivity index is 2.28. The van der Waals surface area contributed by atoms with Gasteiger partial charge in [-0.3, -0.25) is 9.78 Å². The van der Waals surface area contributed by atoms with Crippen molar-refractivity contribution in [2.75, 3.05) is 11.1 Å². The van der Waals surface area contributed by atoms with E-state index >= 15 is 0 Å². The van der Waals surface area contributed by atoms with E-state index in [9.17, 15) is 4.79 Å². The average Bonchev–Trinajstić information content (AvgIpc) is 2.35. The first-order valence-electron chi connectivity index (χ1n) is 5.04. The highest BCUT2D eigenvalue weighted by Crippen LogP contribution is 2.23. The third kappa shape index (κ3) is 2.80. The molecule has 0 aliphatic rings. The molecule has 4 nitrogen and oxygen atoms in total. The number of carbonyl (C=O) groups excluding carboxylic acids is 1. The predicted molar refractivity (Wildman–Crippen MR) is 75.8 cm³/mol. The summed E-state index contributed by atoms with van der Waals surface area (Å²) in [5, 5.41) is 3.06. The molecule has 0 spiro atoms. The van der Waals surface area contributed by atoms with Crippen LogP contribution < -0.4 is 11.1 Å². The first-order valence-corrected chi connectivity index (χ1v) is 6.21. The minimum absolute atomic E-state index is 0.320. The Kier molecular flexibility index (Phi) is 3.84.